The number of halogens is 2. The first-order valence-corrected chi connectivity index (χ1v) is 4.67. The first kappa shape index (κ1) is 12.4. The Hall–Kier alpha value is -1.69. The van der Waals surface area contributed by atoms with Crippen molar-refractivity contribution in [3.8, 4) is 0 Å². The summed E-state index contributed by atoms with van der Waals surface area (Å²) in [5.74, 6) is -1.99. The molecule has 1 aromatic rings. The highest BCUT2D eigenvalue weighted by Crippen LogP contribution is 2.08. The third kappa shape index (κ3) is 3.47. The lowest BCUT2D eigenvalue weighted by atomic mass is 10.2. The maximum absolute atomic E-state index is 12.8. The number of aliphatic hydroxyl groups is 1. The minimum Gasteiger partial charge on any atom is -0.396 e. The highest BCUT2D eigenvalue weighted by atomic mass is 19.2. The van der Waals surface area contributed by atoms with Crippen LogP contribution in [-0.4, -0.2) is 24.2 Å². The van der Waals surface area contributed by atoms with Gasteiger partial charge < -0.3 is 15.7 Å². The van der Waals surface area contributed by atoms with Crippen LogP contribution in [0.1, 0.15) is 12.0 Å². The maximum Gasteiger partial charge on any atom is 0.170 e. The molecule has 4 nitrogen and oxygen atoms in total. The van der Waals surface area contributed by atoms with E-state index in [1.165, 1.54) is 6.07 Å². The molecule has 3 N–H and O–H groups in total. The smallest absolute Gasteiger partial charge is 0.170 e. The Morgan fingerprint density at radius 3 is 2.75 bits per heavy atom. The van der Waals surface area contributed by atoms with Crippen LogP contribution in [0.4, 0.5) is 8.78 Å². The highest BCUT2D eigenvalue weighted by molar-refractivity contribution is 5.97. The molecule has 0 saturated heterocycles. The normalized spacial score (nSPS) is 11.6. The van der Waals surface area contributed by atoms with Gasteiger partial charge in [0.25, 0.3) is 0 Å². The van der Waals surface area contributed by atoms with Crippen LogP contribution in [0, 0.1) is 11.6 Å². The van der Waals surface area contributed by atoms with Crippen molar-refractivity contribution in [2.24, 2.45) is 10.9 Å². The van der Waals surface area contributed by atoms with E-state index in [0.29, 0.717) is 6.42 Å². The fourth-order valence-corrected chi connectivity index (χ4v) is 0.952. The summed E-state index contributed by atoms with van der Waals surface area (Å²) in [6, 6.07) is 3.19. The van der Waals surface area contributed by atoms with E-state index in [2.05, 4.69) is 5.16 Å². The molecule has 16 heavy (non-hydrogen) atoms. The van der Waals surface area contributed by atoms with Gasteiger partial charge in [-0.25, -0.2) is 8.78 Å². The fraction of sp³-hybridized carbons (Fsp3) is 0.300. The quantitative estimate of drug-likeness (QED) is 0.343. The number of benzene rings is 1. The van der Waals surface area contributed by atoms with Crippen molar-refractivity contribution < 1.29 is 18.7 Å². The predicted molar refractivity (Wildman–Crippen MR) is 54.7 cm³/mol. The van der Waals surface area contributed by atoms with Gasteiger partial charge in [0.1, 0.15) is 6.61 Å². The summed E-state index contributed by atoms with van der Waals surface area (Å²) in [6.45, 7) is 0.196. The Morgan fingerprint density at radius 1 is 1.38 bits per heavy atom. The third-order valence-corrected chi connectivity index (χ3v) is 1.77. The molecule has 0 radical (unpaired) electrons. The lowest BCUT2D eigenvalue weighted by Crippen LogP contribution is -2.14. The Labute approximate surface area is 91.3 Å². The van der Waals surface area contributed by atoms with Crippen LogP contribution in [0.5, 0.6) is 0 Å². The monoisotopic (exact) mass is 230 g/mol. The van der Waals surface area contributed by atoms with Crippen LogP contribution in [0.15, 0.2) is 23.4 Å². The molecule has 0 bridgehead atoms. The van der Waals surface area contributed by atoms with Gasteiger partial charge in [-0.2, -0.15) is 0 Å². The predicted octanol–water partition coefficient (Wildman–Crippen LogP) is 0.984. The molecule has 88 valence electrons. The molecule has 1 aromatic carbocycles. The van der Waals surface area contributed by atoms with Crippen molar-refractivity contribution in [1.82, 2.24) is 0 Å². The van der Waals surface area contributed by atoms with Gasteiger partial charge in [-0.3, -0.25) is 0 Å². The summed E-state index contributed by atoms with van der Waals surface area (Å²) in [5, 5.41) is 12.0. The molecular formula is C10H12F2N2O2. The minimum absolute atomic E-state index is 0.0133. The minimum atomic E-state index is -0.994. The second-order valence-corrected chi connectivity index (χ2v) is 3.02. The van der Waals surface area contributed by atoms with E-state index in [9.17, 15) is 8.78 Å². The molecule has 0 aliphatic carbocycles. The number of hydrogen-bond donors (Lipinski definition) is 2. The molecule has 0 aliphatic rings. The van der Waals surface area contributed by atoms with Crippen molar-refractivity contribution in [2.75, 3.05) is 13.2 Å². The summed E-state index contributed by atoms with van der Waals surface area (Å²) >= 11 is 0. The number of aliphatic hydroxyl groups excluding tert-OH is 1. The average molecular weight is 230 g/mol. The largest absolute Gasteiger partial charge is 0.396 e. The molecule has 0 aliphatic heterocycles. The molecule has 0 saturated carbocycles. The van der Waals surface area contributed by atoms with Crippen LogP contribution in [0.25, 0.3) is 0 Å². The van der Waals surface area contributed by atoms with Crippen LogP contribution >= 0.6 is 0 Å². The zero-order valence-electron chi connectivity index (χ0n) is 8.49. The number of amidine groups is 1. The topological polar surface area (TPSA) is 67.8 Å². The third-order valence-electron chi connectivity index (χ3n) is 1.77. The molecule has 0 aromatic heterocycles. The number of rotatable bonds is 5. The summed E-state index contributed by atoms with van der Waals surface area (Å²) in [7, 11) is 0. The van der Waals surface area contributed by atoms with E-state index in [0.717, 1.165) is 12.1 Å². The molecule has 0 fully saturated rings. The van der Waals surface area contributed by atoms with E-state index in [1.807, 2.05) is 0 Å². The second kappa shape index (κ2) is 6.02. The van der Waals surface area contributed by atoms with Gasteiger partial charge in [0.05, 0.1) is 0 Å². The average Bonchev–Trinajstić information content (AvgIpc) is 2.28. The Balaban J connectivity index is 2.64. The molecule has 0 spiro atoms. The number of nitrogens with two attached hydrogens (primary N) is 1. The van der Waals surface area contributed by atoms with E-state index in [1.54, 1.807) is 0 Å². The summed E-state index contributed by atoms with van der Waals surface area (Å²) in [6.07, 6.45) is 0.425. The van der Waals surface area contributed by atoms with Gasteiger partial charge in [0.2, 0.25) is 0 Å². The summed E-state index contributed by atoms with van der Waals surface area (Å²) in [4.78, 5) is 4.75. The molecule has 0 heterocycles. The van der Waals surface area contributed by atoms with E-state index < -0.39 is 11.6 Å². The number of nitrogens with zero attached hydrogens (tertiary/aromatic N) is 1. The first-order chi connectivity index (χ1) is 7.65. The Kier molecular flexibility index (Phi) is 4.65. The van der Waals surface area contributed by atoms with E-state index >= 15 is 0 Å². The van der Waals surface area contributed by atoms with Gasteiger partial charge in [-0.15, -0.1) is 0 Å². The lowest BCUT2D eigenvalue weighted by Gasteiger charge is -2.02. The van der Waals surface area contributed by atoms with Crippen LogP contribution in [-0.2, 0) is 4.84 Å². The Bertz CT molecular complexity index is 383. The standard InChI is InChI=1S/C10H12F2N2O2/c11-8-3-2-7(6-9(8)12)10(13)14-16-5-1-4-15/h2-3,6,15H,1,4-5H2,(H2,13,14). The van der Waals surface area contributed by atoms with Crippen LogP contribution in [0.2, 0.25) is 0 Å². The zero-order valence-corrected chi connectivity index (χ0v) is 8.49. The van der Waals surface area contributed by atoms with Crippen molar-refractivity contribution >= 4 is 5.84 Å². The number of oxime groups is 1. The van der Waals surface area contributed by atoms with Gasteiger partial charge in [0, 0.05) is 18.6 Å². The van der Waals surface area contributed by atoms with Crippen molar-refractivity contribution in [3.63, 3.8) is 0 Å². The van der Waals surface area contributed by atoms with Gasteiger partial charge in [-0.05, 0) is 18.2 Å². The molecule has 0 amide bonds. The summed E-state index contributed by atoms with van der Waals surface area (Å²) < 4.78 is 25.4. The number of hydrogen-bond acceptors (Lipinski definition) is 3. The van der Waals surface area contributed by atoms with Gasteiger partial charge >= 0.3 is 0 Å². The van der Waals surface area contributed by atoms with Crippen LogP contribution in [0.3, 0.4) is 0 Å². The SMILES string of the molecule is N/C(=N/OCCCO)c1ccc(F)c(F)c1. The van der Waals surface area contributed by atoms with Crippen molar-refractivity contribution in [2.45, 2.75) is 6.42 Å². The van der Waals surface area contributed by atoms with E-state index in [4.69, 9.17) is 15.7 Å². The molecule has 0 unspecified atom stereocenters. The second-order valence-electron chi connectivity index (χ2n) is 3.02. The molecule has 0 atom stereocenters. The van der Waals surface area contributed by atoms with Gasteiger partial charge in [-0.1, -0.05) is 5.16 Å². The van der Waals surface area contributed by atoms with E-state index in [-0.39, 0.29) is 24.6 Å². The van der Waals surface area contributed by atoms with Crippen molar-refractivity contribution in [1.29, 1.82) is 0 Å². The van der Waals surface area contributed by atoms with Crippen LogP contribution < -0.4 is 5.73 Å². The summed E-state index contributed by atoms with van der Waals surface area (Å²) in [5.41, 5.74) is 5.71. The zero-order chi connectivity index (χ0) is 12.0. The first-order valence-electron chi connectivity index (χ1n) is 4.67. The highest BCUT2D eigenvalue weighted by Gasteiger charge is 2.05. The van der Waals surface area contributed by atoms with Gasteiger partial charge in [0.15, 0.2) is 17.5 Å². The molecule has 1 rings (SSSR count). The Morgan fingerprint density at radius 2 is 2.12 bits per heavy atom. The molecule has 6 heteroatoms. The van der Waals surface area contributed by atoms with Crippen molar-refractivity contribution in [3.05, 3.63) is 35.4 Å². The lowest BCUT2D eigenvalue weighted by molar-refractivity contribution is 0.124. The maximum atomic E-state index is 12.8. The molecular weight excluding hydrogens is 218 g/mol. The fourth-order valence-electron chi connectivity index (χ4n) is 0.952.